The van der Waals surface area contributed by atoms with Crippen LogP contribution in [0.1, 0.15) is 43.7 Å². The first-order chi connectivity index (χ1) is 18.1. The van der Waals surface area contributed by atoms with Crippen molar-refractivity contribution in [2.45, 2.75) is 50.9 Å². The molecule has 1 aromatic heterocycles. The normalized spacial score (nSPS) is 20.2. The summed E-state index contributed by atoms with van der Waals surface area (Å²) in [6, 6.07) is 5.44. The molecule has 1 spiro atoms. The molecule has 12 heteroatoms. The molecule has 9 nitrogen and oxygen atoms in total. The number of hydrogen-bond acceptors (Lipinski definition) is 6. The monoisotopic (exact) mass is 534 g/mol. The fourth-order valence-corrected chi connectivity index (χ4v) is 5.92. The van der Waals surface area contributed by atoms with Crippen molar-refractivity contribution in [3.63, 3.8) is 0 Å². The first-order valence-electron chi connectivity index (χ1n) is 13.1. The molecule has 3 aliphatic heterocycles. The minimum absolute atomic E-state index is 0.0901. The van der Waals surface area contributed by atoms with Crippen LogP contribution in [0.15, 0.2) is 30.5 Å². The van der Waals surface area contributed by atoms with Crippen LogP contribution in [0.4, 0.5) is 29.5 Å². The Bertz CT molecular complexity index is 1170. The summed E-state index contributed by atoms with van der Waals surface area (Å²) in [5.41, 5.74) is 0.798. The summed E-state index contributed by atoms with van der Waals surface area (Å²) < 4.78 is 47.3. The highest BCUT2D eigenvalue weighted by molar-refractivity contribution is 5.88. The Morgan fingerprint density at radius 1 is 1.05 bits per heavy atom. The number of ether oxygens (including phenoxy) is 1. The van der Waals surface area contributed by atoms with Gasteiger partial charge in [-0.25, -0.2) is 4.79 Å². The number of anilines is 2. The van der Waals surface area contributed by atoms with Crippen molar-refractivity contribution in [3.8, 4) is 0 Å². The molecule has 0 saturated carbocycles. The van der Waals surface area contributed by atoms with E-state index in [1.165, 1.54) is 29.9 Å². The molecule has 0 aliphatic carbocycles. The van der Waals surface area contributed by atoms with Crippen LogP contribution in [0.5, 0.6) is 0 Å². The summed E-state index contributed by atoms with van der Waals surface area (Å²) in [5.74, 6) is 0.0719. The first kappa shape index (κ1) is 26.5. The van der Waals surface area contributed by atoms with Crippen LogP contribution in [0, 0.1) is 0 Å². The Morgan fingerprint density at radius 3 is 2.47 bits per heavy atom. The number of likely N-dealkylation sites (tertiary alicyclic amines) is 2. The van der Waals surface area contributed by atoms with Gasteiger partial charge in [0.15, 0.2) is 5.82 Å². The van der Waals surface area contributed by atoms with Gasteiger partial charge in [-0.05, 0) is 49.9 Å². The van der Waals surface area contributed by atoms with Gasteiger partial charge in [0.1, 0.15) is 0 Å². The predicted octanol–water partition coefficient (Wildman–Crippen LogP) is 3.80. The van der Waals surface area contributed by atoms with Gasteiger partial charge < -0.3 is 19.9 Å². The minimum Gasteiger partial charge on any atom is -0.378 e. The molecule has 2 amide bonds. The molecule has 5 rings (SSSR count). The van der Waals surface area contributed by atoms with Gasteiger partial charge in [-0.1, -0.05) is 6.07 Å². The Kier molecular flexibility index (Phi) is 7.36. The van der Waals surface area contributed by atoms with Crippen LogP contribution < -0.4 is 10.2 Å². The number of morpholine rings is 1. The predicted molar refractivity (Wildman–Crippen MR) is 135 cm³/mol. The quantitative estimate of drug-likeness (QED) is 0.643. The van der Waals surface area contributed by atoms with E-state index in [0.717, 1.165) is 37.8 Å². The summed E-state index contributed by atoms with van der Waals surface area (Å²) in [6.45, 7) is 6.07. The van der Waals surface area contributed by atoms with Gasteiger partial charge in [0, 0.05) is 63.1 Å². The standard InChI is InChI=1S/C26H33F3N6O3/c1-19(36)30-23-5-10-35(31-23)24(37)33-11-7-25(8-12-33)6-2-9-34(25)18-20-3-4-21(26(27,28)29)17-22(20)32-13-15-38-16-14-32/h3-5,10,17H,2,6-9,11-16,18H2,1H3,(H,30,31,36). The minimum atomic E-state index is -4.40. The van der Waals surface area contributed by atoms with E-state index in [2.05, 4.69) is 15.3 Å². The smallest absolute Gasteiger partial charge is 0.378 e. The average Bonchev–Trinajstić information content (AvgIpc) is 3.51. The number of hydrogen-bond donors (Lipinski definition) is 1. The molecule has 0 bridgehead atoms. The number of carbonyl (C=O) groups is 2. The van der Waals surface area contributed by atoms with Gasteiger partial charge in [0.2, 0.25) is 5.91 Å². The molecule has 38 heavy (non-hydrogen) atoms. The third-order valence-corrected chi connectivity index (χ3v) is 7.92. The highest BCUT2D eigenvalue weighted by atomic mass is 19.4. The number of alkyl halides is 3. The largest absolute Gasteiger partial charge is 0.416 e. The number of nitrogens with zero attached hydrogens (tertiary/aromatic N) is 5. The number of piperidine rings is 1. The average molecular weight is 535 g/mol. The second kappa shape index (κ2) is 10.6. The number of benzene rings is 1. The molecule has 3 aliphatic rings. The van der Waals surface area contributed by atoms with Crippen LogP contribution in [0.3, 0.4) is 0 Å². The Labute approximate surface area is 219 Å². The van der Waals surface area contributed by atoms with E-state index in [-0.39, 0.29) is 17.5 Å². The maximum atomic E-state index is 13.5. The Balaban J connectivity index is 1.29. The van der Waals surface area contributed by atoms with Crippen molar-refractivity contribution < 1.29 is 27.5 Å². The van der Waals surface area contributed by atoms with Crippen molar-refractivity contribution in [1.82, 2.24) is 19.6 Å². The summed E-state index contributed by atoms with van der Waals surface area (Å²) in [4.78, 5) is 30.4. The maximum absolute atomic E-state index is 13.5. The number of halogens is 3. The van der Waals surface area contributed by atoms with Crippen molar-refractivity contribution in [1.29, 1.82) is 0 Å². The molecular weight excluding hydrogens is 501 g/mol. The number of nitrogens with one attached hydrogen (secondary N) is 1. The number of carbonyl (C=O) groups excluding carboxylic acids is 2. The van der Waals surface area contributed by atoms with E-state index in [1.54, 1.807) is 17.0 Å². The molecule has 3 fully saturated rings. The number of amides is 2. The molecule has 0 unspecified atom stereocenters. The van der Waals surface area contributed by atoms with Crippen LogP contribution >= 0.6 is 0 Å². The van der Waals surface area contributed by atoms with Gasteiger partial charge in [0.05, 0.1) is 18.8 Å². The zero-order valence-corrected chi connectivity index (χ0v) is 21.5. The van der Waals surface area contributed by atoms with Crippen molar-refractivity contribution in [2.75, 3.05) is 56.2 Å². The van der Waals surface area contributed by atoms with Crippen molar-refractivity contribution in [3.05, 3.63) is 41.6 Å². The van der Waals surface area contributed by atoms with E-state index in [1.807, 2.05) is 4.90 Å². The first-order valence-corrected chi connectivity index (χ1v) is 13.1. The van der Waals surface area contributed by atoms with Crippen LogP contribution in [-0.2, 0) is 22.3 Å². The van der Waals surface area contributed by atoms with E-state index >= 15 is 0 Å². The van der Waals surface area contributed by atoms with Crippen LogP contribution in [0.25, 0.3) is 0 Å². The lowest BCUT2D eigenvalue weighted by atomic mass is 9.84. The summed E-state index contributed by atoms with van der Waals surface area (Å²) in [7, 11) is 0. The fourth-order valence-electron chi connectivity index (χ4n) is 5.92. The molecule has 206 valence electrons. The van der Waals surface area contributed by atoms with Gasteiger partial charge >= 0.3 is 12.2 Å². The van der Waals surface area contributed by atoms with Gasteiger partial charge in [-0.15, -0.1) is 5.10 Å². The Morgan fingerprint density at radius 2 is 1.79 bits per heavy atom. The number of aromatic nitrogens is 2. The second-order valence-electron chi connectivity index (χ2n) is 10.3. The molecular formula is C26H33F3N6O3. The molecule has 1 N–H and O–H groups in total. The van der Waals surface area contributed by atoms with E-state index in [0.29, 0.717) is 57.4 Å². The van der Waals surface area contributed by atoms with E-state index < -0.39 is 11.7 Å². The molecule has 2 aromatic rings. The lowest BCUT2D eigenvalue weighted by Crippen LogP contribution is -2.53. The van der Waals surface area contributed by atoms with Gasteiger partial charge in [-0.3, -0.25) is 9.69 Å². The van der Waals surface area contributed by atoms with Crippen LogP contribution in [-0.4, -0.2) is 83.0 Å². The van der Waals surface area contributed by atoms with Gasteiger partial charge in [-0.2, -0.15) is 17.9 Å². The highest BCUT2D eigenvalue weighted by Crippen LogP contribution is 2.41. The van der Waals surface area contributed by atoms with Crippen molar-refractivity contribution >= 4 is 23.4 Å². The molecule has 1 aromatic carbocycles. The SMILES string of the molecule is CC(=O)Nc1ccn(C(=O)N2CCC3(CCCN3Cc3ccc(C(F)(F)F)cc3N3CCOCC3)CC2)n1. The van der Waals surface area contributed by atoms with E-state index in [9.17, 15) is 22.8 Å². The van der Waals surface area contributed by atoms with Gasteiger partial charge in [0.25, 0.3) is 0 Å². The fraction of sp³-hybridized carbons (Fsp3) is 0.577. The summed E-state index contributed by atoms with van der Waals surface area (Å²) in [6.07, 6.45) is 0.721. The maximum Gasteiger partial charge on any atom is 0.416 e. The highest BCUT2D eigenvalue weighted by Gasteiger charge is 2.44. The lowest BCUT2D eigenvalue weighted by Gasteiger charge is -2.45. The third-order valence-electron chi connectivity index (χ3n) is 7.92. The van der Waals surface area contributed by atoms with Crippen LogP contribution in [0.2, 0.25) is 0 Å². The molecule has 3 saturated heterocycles. The summed E-state index contributed by atoms with van der Waals surface area (Å²) in [5, 5.41) is 6.72. The lowest BCUT2D eigenvalue weighted by molar-refractivity contribution is -0.137. The number of rotatable bonds is 4. The molecule has 4 heterocycles. The zero-order chi connectivity index (χ0) is 26.9. The summed E-state index contributed by atoms with van der Waals surface area (Å²) >= 11 is 0. The Hall–Kier alpha value is -3.12. The zero-order valence-electron chi connectivity index (χ0n) is 21.5. The topological polar surface area (TPSA) is 82.9 Å². The second-order valence-corrected chi connectivity index (χ2v) is 10.3. The molecule has 0 radical (unpaired) electrons. The van der Waals surface area contributed by atoms with E-state index in [4.69, 9.17) is 4.74 Å². The third kappa shape index (κ3) is 5.51. The molecule has 0 atom stereocenters. The van der Waals surface area contributed by atoms with Crippen molar-refractivity contribution in [2.24, 2.45) is 0 Å².